The second-order valence-electron chi connectivity index (χ2n) is 5.09. The molecule has 0 bridgehead atoms. The molecule has 0 fully saturated rings. The van der Waals surface area contributed by atoms with Gasteiger partial charge in [0.05, 0.1) is 7.11 Å². The zero-order valence-electron chi connectivity index (χ0n) is 12.1. The van der Waals surface area contributed by atoms with E-state index in [4.69, 9.17) is 4.74 Å². The fourth-order valence-corrected chi connectivity index (χ4v) is 2.37. The molecule has 3 nitrogen and oxygen atoms in total. The van der Waals surface area contributed by atoms with Gasteiger partial charge in [0, 0.05) is 6.04 Å². The fourth-order valence-electron chi connectivity index (χ4n) is 2.37. The third-order valence-corrected chi connectivity index (χ3v) is 2.96. The number of aryl methyl sites for hydroxylation is 3. The number of benzene rings is 1. The molecule has 1 N–H and O–H groups in total. The average molecular weight is 249 g/mol. The summed E-state index contributed by atoms with van der Waals surface area (Å²) in [6, 6.07) is 4.02. The normalized spacial score (nSPS) is 12.6. The van der Waals surface area contributed by atoms with E-state index in [1.54, 1.807) is 0 Å². The summed E-state index contributed by atoms with van der Waals surface area (Å²) in [6.45, 7) is 10.2. The number of methoxy groups -OCH3 is 1. The molecule has 1 rings (SSSR count). The van der Waals surface area contributed by atoms with Gasteiger partial charge < -0.3 is 4.74 Å². The van der Waals surface area contributed by atoms with Gasteiger partial charge in [0.2, 0.25) is 0 Å². The largest absolute Gasteiger partial charge is 0.468 e. The lowest BCUT2D eigenvalue weighted by Crippen LogP contribution is -2.35. The Morgan fingerprint density at radius 2 is 1.67 bits per heavy atom. The van der Waals surface area contributed by atoms with Crippen LogP contribution in [0.3, 0.4) is 0 Å². The van der Waals surface area contributed by atoms with Gasteiger partial charge in [0.25, 0.3) is 0 Å². The Balaban J connectivity index is 3.24. The summed E-state index contributed by atoms with van der Waals surface area (Å²) in [5, 5.41) is 3.27. The molecule has 0 spiro atoms. The molecule has 100 valence electrons. The number of rotatable bonds is 4. The van der Waals surface area contributed by atoms with Crippen molar-refractivity contribution in [3.63, 3.8) is 0 Å². The molecular weight excluding hydrogens is 226 g/mol. The lowest BCUT2D eigenvalue weighted by Gasteiger charge is -2.23. The third kappa shape index (κ3) is 3.33. The van der Waals surface area contributed by atoms with Gasteiger partial charge in [0.1, 0.15) is 6.04 Å². The zero-order valence-corrected chi connectivity index (χ0v) is 12.1. The van der Waals surface area contributed by atoms with E-state index in [0.29, 0.717) is 0 Å². The summed E-state index contributed by atoms with van der Waals surface area (Å²) in [5.74, 6) is -0.237. The summed E-state index contributed by atoms with van der Waals surface area (Å²) in [6.07, 6.45) is 0. The lowest BCUT2D eigenvalue weighted by molar-refractivity contribution is -0.143. The van der Waals surface area contributed by atoms with Crippen LogP contribution >= 0.6 is 0 Å². The summed E-state index contributed by atoms with van der Waals surface area (Å²) in [4.78, 5) is 12.0. The molecule has 1 aromatic rings. The maximum atomic E-state index is 12.0. The minimum atomic E-state index is -0.393. The molecule has 0 aliphatic heterocycles. The van der Waals surface area contributed by atoms with Gasteiger partial charge in [-0.05, 0) is 51.3 Å². The Hall–Kier alpha value is -1.35. The molecule has 0 aromatic heterocycles. The molecule has 18 heavy (non-hydrogen) atoms. The van der Waals surface area contributed by atoms with E-state index >= 15 is 0 Å². The molecule has 1 unspecified atom stereocenters. The third-order valence-electron chi connectivity index (χ3n) is 2.96. The summed E-state index contributed by atoms with van der Waals surface area (Å²) < 4.78 is 4.91. The van der Waals surface area contributed by atoms with Crippen molar-refractivity contribution in [1.29, 1.82) is 0 Å². The van der Waals surface area contributed by atoms with Gasteiger partial charge in [0.15, 0.2) is 0 Å². The van der Waals surface area contributed by atoms with Gasteiger partial charge in [-0.25, -0.2) is 4.79 Å². The Morgan fingerprint density at radius 1 is 1.17 bits per heavy atom. The van der Waals surface area contributed by atoms with Crippen molar-refractivity contribution in [3.8, 4) is 0 Å². The first-order valence-electron chi connectivity index (χ1n) is 6.28. The monoisotopic (exact) mass is 249 g/mol. The van der Waals surface area contributed by atoms with E-state index in [0.717, 1.165) is 16.7 Å². The molecule has 3 heteroatoms. The molecule has 0 aliphatic rings. The van der Waals surface area contributed by atoms with Crippen molar-refractivity contribution in [1.82, 2.24) is 5.32 Å². The Labute approximate surface area is 110 Å². The maximum absolute atomic E-state index is 12.0. The predicted molar refractivity (Wildman–Crippen MR) is 73.7 cm³/mol. The van der Waals surface area contributed by atoms with Crippen LogP contribution in [-0.4, -0.2) is 19.1 Å². The van der Waals surface area contributed by atoms with Gasteiger partial charge in [-0.15, -0.1) is 0 Å². The number of hydrogen-bond acceptors (Lipinski definition) is 3. The number of nitrogens with one attached hydrogen (secondary N) is 1. The summed E-state index contributed by atoms with van der Waals surface area (Å²) in [5.41, 5.74) is 4.48. The molecular formula is C15H23NO2. The van der Waals surface area contributed by atoms with Crippen LogP contribution in [0, 0.1) is 20.8 Å². The summed E-state index contributed by atoms with van der Waals surface area (Å²) >= 11 is 0. The topological polar surface area (TPSA) is 38.3 Å². The van der Waals surface area contributed by atoms with Crippen molar-refractivity contribution in [2.75, 3.05) is 7.11 Å². The molecule has 0 heterocycles. The van der Waals surface area contributed by atoms with Crippen LogP contribution in [0.2, 0.25) is 0 Å². The number of esters is 1. The minimum absolute atomic E-state index is 0.217. The van der Waals surface area contributed by atoms with Gasteiger partial charge >= 0.3 is 5.97 Å². The van der Waals surface area contributed by atoms with E-state index in [2.05, 4.69) is 24.4 Å². The number of carbonyl (C=O) groups is 1. The van der Waals surface area contributed by atoms with Crippen LogP contribution in [0.1, 0.15) is 42.1 Å². The highest BCUT2D eigenvalue weighted by molar-refractivity contribution is 5.78. The maximum Gasteiger partial charge on any atom is 0.327 e. The summed E-state index contributed by atoms with van der Waals surface area (Å²) in [7, 11) is 1.43. The van der Waals surface area contributed by atoms with Gasteiger partial charge in [-0.2, -0.15) is 0 Å². The number of ether oxygens (including phenoxy) is 1. The molecule has 1 atom stereocenters. The van der Waals surface area contributed by atoms with Crippen LogP contribution in [0.15, 0.2) is 12.1 Å². The van der Waals surface area contributed by atoms with Gasteiger partial charge in [-0.3, -0.25) is 5.32 Å². The molecule has 0 saturated carbocycles. The van der Waals surface area contributed by atoms with Crippen molar-refractivity contribution in [2.24, 2.45) is 0 Å². The van der Waals surface area contributed by atoms with E-state index in [9.17, 15) is 4.79 Å². The van der Waals surface area contributed by atoms with Crippen molar-refractivity contribution in [3.05, 3.63) is 34.4 Å². The number of hydrogen-bond donors (Lipinski definition) is 1. The SMILES string of the molecule is COC(=O)C(NC(C)C)c1c(C)cc(C)cc1C. The van der Waals surface area contributed by atoms with Crippen LogP contribution in [0.25, 0.3) is 0 Å². The highest BCUT2D eigenvalue weighted by Gasteiger charge is 2.25. The second kappa shape index (κ2) is 6.01. The number of carbonyl (C=O) groups excluding carboxylic acids is 1. The van der Waals surface area contributed by atoms with Crippen LogP contribution < -0.4 is 5.32 Å². The molecule has 0 radical (unpaired) electrons. The van der Waals surface area contributed by atoms with Crippen LogP contribution in [0.5, 0.6) is 0 Å². The molecule has 0 aliphatic carbocycles. The van der Waals surface area contributed by atoms with Crippen LogP contribution in [0.4, 0.5) is 0 Å². The van der Waals surface area contributed by atoms with Crippen molar-refractivity contribution >= 4 is 5.97 Å². The van der Waals surface area contributed by atoms with E-state index in [-0.39, 0.29) is 12.0 Å². The highest BCUT2D eigenvalue weighted by atomic mass is 16.5. The van der Waals surface area contributed by atoms with E-state index < -0.39 is 6.04 Å². The first-order valence-corrected chi connectivity index (χ1v) is 6.28. The Kier molecular flexibility index (Phi) is 4.91. The van der Waals surface area contributed by atoms with E-state index in [1.807, 2.05) is 27.7 Å². The molecule has 0 amide bonds. The zero-order chi connectivity index (χ0) is 13.9. The average Bonchev–Trinajstić information content (AvgIpc) is 2.24. The fraction of sp³-hybridized carbons (Fsp3) is 0.533. The molecule has 0 saturated heterocycles. The lowest BCUT2D eigenvalue weighted by atomic mass is 9.93. The Morgan fingerprint density at radius 3 is 2.06 bits per heavy atom. The van der Waals surface area contributed by atoms with Crippen molar-refractivity contribution in [2.45, 2.75) is 46.7 Å². The Bertz CT molecular complexity index is 415. The minimum Gasteiger partial charge on any atom is -0.468 e. The second-order valence-corrected chi connectivity index (χ2v) is 5.09. The van der Waals surface area contributed by atoms with E-state index in [1.165, 1.54) is 12.7 Å². The smallest absolute Gasteiger partial charge is 0.327 e. The van der Waals surface area contributed by atoms with Gasteiger partial charge in [-0.1, -0.05) is 17.7 Å². The highest BCUT2D eigenvalue weighted by Crippen LogP contribution is 2.25. The standard InChI is InChI=1S/C15H23NO2/c1-9(2)16-14(15(17)18-6)13-11(4)7-10(3)8-12(13)5/h7-9,14,16H,1-6H3. The first-order chi connectivity index (χ1) is 8.36. The van der Waals surface area contributed by atoms with Crippen molar-refractivity contribution < 1.29 is 9.53 Å². The quantitative estimate of drug-likeness (QED) is 0.834. The predicted octanol–water partition coefficient (Wildman–Crippen LogP) is 2.82. The first kappa shape index (κ1) is 14.7. The molecule has 1 aromatic carbocycles. The van der Waals surface area contributed by atoms with Crippen LogP contribution in [-0.2, 0) is 9.53 Å².